The highest BCUT2D eigenvalue weighted by molar-refractivity contribution is 6.06. The first-order valence-electron chi connectivity index (χ1n) is 11.8. The Balaban J connectivity index is 1.69. The van der Waals surface area contributed by atoms with Gasteiger partial charge in [0.1, 0.15) is 17.4 Å². The molecule has 33 heavy (non-hydrogen) atoms. The third-order valence-corrected chi connectivity index (χ3v) is 6.53. The average molecular weight is 443 g/mol. The van der Waals surface area contributed by atoms with E-state index in [1.165, 1.54) is 12.0 Å². The summed E-state index contributed by atoms with van der Waals surface area (Å²) in [7, 11) is 0. The first-order chi connectivity index (χ1) is 16.1. The minimum absolute atomic E-state index is 0.103. The maximum absolute atomic E-state index is 9.26. The van der Waals surface area contributed by atoms with Crippen molar-refractivity contribution in [1.29, 1.82) is 0 Å². The predicted octanol–water partition coefficient (Wildman–Crippen LogP) is 5.25. The third kappa shape index (κ3) is 4.01. The van der Waals surface area contributed by atoms with Crippen LogP contribution in [0, 0.1) is 0 Å². The van der Waals surface area contributed by atoms with Gasteiger partial charge in [0.25, 0.3) is 0 Å². The Morgan fingerprint density at radius 3 is 2.42 bits per heavy atom. The highest BCUT2D eigenvalue weighted by Gasteiger charge is 2.34. The van der Waals surface area contributed by atoms with Crippen molar-refractivity contribution in [2.45, 2.75) is 44.6 Å². The summed E-state index contributed by atoms with van der Waals surface area (Å²) in [6.45, 7) is 2.88. The fourth-order valence-corrected chi connectivity index (χ4v) is 4.57. The van der Waals surface area contributed by atoms with Crippen LogP contribution in [0.25, 0.3) is 33.6 Å². The number of hydrogen-bond acceptors (Lipinski definition) is 6. The Morgan fingerprint density at radius 1 is 1.03 bits per heavy atom. The summed E-state index contributed by atoms with van der Waals surface area (Å²) in [5, 5.41) is 13.5. The molecule has 1 fully saturated rings. The fraction of sp³-hybridized carbons (Fsp3) is 0.333. The van der Waals surface area contributed by atoms with Gasteiger partial charge in [0.2, 0.25) is 5.71 Å². The zero-order valence-corrected chi connectivity index (χ0v) is 19.0. The second-order valence-corrected chi connectivity index (χ2v) is 8.79. The molecular weight excluding hydrogens is 412 g/mol. The van der Waals surface area contributed by atoms with E-state index >= 15 is 0 Å². The Bertz CT molecular complexity index is 1240. The largest absolute Gasteiger partial charge is 0.437 e. The summed E-state index contributed by atoms with van der Waals surface area (Å²) in [6, 6.07) is 18.7. The average Bonchev–Trinajstić information content (AvgIpc) is 3.22. The molecule has 0 amide bonds. The second-order valence-electron chi connectivity index (χ2n) is 8.79. The highest BCUT2D eigenvalue weighted by Crippen LogP contribution is 2.44. The van der Waals surface area contributed by atoms with Crippen molar-refractivity contribution in [3.05, 3.63) is 66.0 Å². The zero-order chi connectivity index (χ0) is 22.8. The number of hydrogen-bond donors (Lipinski definition) is 3. The van der Waals surface area contributed by atoms with Crippen molar-refractivity contribution in [3.8, 4) is 22.5 Å². The van der Waals surface area contributed by atoms with Crippen LogP contribution >= 0.6 is 0 Å². The molecule has 1 aliphatic carbocycles. The molecule has 1 aliphatic rings. The SMILES string of the molecule is CCNc1nc(CCCO)nc2oc(-c3ccc(C4(N)CCC4)cc3)c(-c3ccccc3)c12. The first-order valence-corrected chi connectivity index (χ1v) is 11.8. The molecule has 6 nitrogen and oxygen atoms in total. The van der Waals surface area contributed by atoms with Crippen LogP contribution in [0.15, 0.2) is 59.0 Å². The summed E-state index contributed by atoms with van der Waals surface area (Å²) in [5.41, 5.74) is 11.1. The third-order valence-electron chi connectivity index (χ3n) is 6.53. The summed E-state index contributed by atoms with van der Waals surface area (Å²) >= 11 is 0. The lowest BCUT2D eigenvalue weighted by molar-refractivity contribution is 0.253. The molecular formula is C27H30N4O2. The van der Waals surface area contributed by atoms with Gasteiger partial charge in [-0.2, -0.15) is 4.98 Å². The highest BCUT2D eigenvalue weighted by atomic mass is 16.3. The van der Waals surface area contributed by atoms with E-state index < -0.39 is 0 Å². The molecule has 170 valence electrons. The van der Waals surface area contributed by atoms with Gasteiger partial charge in [0, 0.05) is 36.2 Å². The van der Waals surface area contributed by atoms with Crippen LogP contribution in [0.2, 0.25) is 0 Å². The number of nitrogens with one attached hydrogen (secondary N) is 1. The molecule has 2 heterocycles. The van der Waals surface area contributed by atoms with E-state index in [-0.39, 0.29) is 12.1 Å². The normalized spacial score (nSPS) is 14.9. The van der Waals surface area contributed by atoms with E-state index in [0.29, 0.717) is 24.4 Å². The molecule has 0 bridgehead atoms. The molecule has 4 N–H and O–H groups in total. The minimum Gasteiger partial charge on any atom is -0.437 e. The van der Waals surface area contributed by atoms with E-state index in [1.807, 2.05) is 25.1 Å². The van der Waals surface area contributed by atoms with Crippen LogP contribution < -0.4 is 11.1 Å². The second kappa shape index (κ2) is 8.96. The number of nitrogens with zero attached hydrogens (tertiary/aromatic N) is 2. The number of rotatable bonds is 8. The van der Waals surface area contributed by atoms with E-state index in [9.17, 15) is 5.11 Å². The van der Waals surface area contributed by atoms with Crippen LogP contribution in [0.1, 0.15) is 44.0 Å². The minimum atomic E-state index is -0.194. The molecule has 6 heteroatoms. The van der Waals surface area contributed by atoms with E-state index in [1.54, 1.807) is 0 Å². The van der Waals surface area contributed by atoms with Gasteiger partial charge in [0.15, 0.2) is 0 Å². The van der Waals surface area contributed by atoms with Crippen molar-refractivity contribution in [2.75, 3.05) is 18.5 Å². The van der Waals surface area contributed by atoms with E-state index in [0.717, 1.165) is 53.0 Å². The predicted molar refractivity (Wildman–Crippen MR) is 132 cm³/mol. The van der Waals surface area contributed by atoms with Crippen molar-refractivity contribution >= 4 is 16.9 Å². The number of benzene rings is 2. The molecule has 0 aliphatic heterocycles. The lowest BCUT2D eigenvalue weighted by atomic mass is 9.72. The number of aliphatic hydroxyl groups is 1. The molecule has 0 radical (unpaired) electrons. The number of nitrogens with two attached hydrogens (primary N) is 1. The standard InChI is InChI=1S/C27H30N4O2/c1-2-29-25-23-22(18-8-4-3-5-9-18)24(33-26(23)31-21(30-25)10-6-17-32)19-11-13-20(14-12-19)27(28)15-7-16-27/h3-5,8-9,11-14,32H,2,6-7,10,15-17,28H2,1H3,(H,29,30,31). The lowest BCUT2D eigenvalue weighted by Gasteiger charge is -2.38. The number of aliphatic hydroxyl groups excluding tert-OH is 1. The van der Waals surface area contributed by atoms with Crippen molar-refractivity contribution in [2.24, 2.45) is 5.73 Å². The summed E-state index contributed by atoms with van der Waals surface area (Å²) < 4.78 is 6.43. The van der Waals surface area contributed by atoms with Gasteiger partial charge >= 0.3 is 0 Å². The van der Waals surface area contributed by atoms with Gasteiger partial charge in [-0.15, -0.1) is 0 Å². The zero-order valence-electron chi connectivity index (χ0n) is 19.0. The summed E-state index contributed by atoms with van der Waals surface area (Å²) in [6.07, 6.45) is 4.45. The quantitative estimate of drug-likeness (QED) is 0.345. The maximum Gasteiger partial charge on any atom is 0.232 e. The lowest BCUT2D eigenvalue weighted by Crippen LogP contribution is -2.43. The number of fused-ring (bicyclic) bond motifs is 1. The van der Waals surface area contributed by atoms with Crippen LogP contribution in [-0.2, 0) is 12.0 Å². The topological polar surface area (TPSA) is 97.2 Å². The molecule has 2 aromatic carbocycles. The van der Waals surface area contributed by atoms with Crippen LogP contribution in [0.3, 0.4) is 0 Å². The Hall–Kier alpha value is -3.22. The van der Waals surface area contributed by atoms with Crippen molar-refractivity contribution in [1.82, 2.24) is 9.97 Å². The van der Waals surface area contributed by atoms with Crippen LogP contribution in [0.4, 0.5) is 5.82 Å². The molecule has 0 spiro atoms. The number of aryl methyl sites for hydroxylation is 1. The summed E-state index contributed by atoms with van der Waals surface area (Å²) in [4.78, 5) is 9.49. The van der Waals surface area contributed by atoms with Gasteiger partial charge in [-0.25, -0.2) is 4.98 Å². The molecule has 2 aromatic heterocycles. The molecule has 5 rings (SSSR count). The Morgan fingerprint density at radius 2 is 1.79 bits per heavy atom. The van der Waals surface area contributed by atoms with Gasteiger partial charge < -0.3 is 20.6 Å². The van der Waals surface area contributed by atoms with Gasteiger partial charge in [-0.1, -0.05) is 54.6 Å². The number of furan rings is 1. The van der Waals surface area contributed by atoms with Crippen LogP contribution in [-0.4, -0.2) is 28.2 Å². The fourth-order valence-electron chi connectivity index (χ4n) is 4.57. The molecule has 0 atom stereocenters. The molecule has 0 saturated heterocycles. The monoisotopic (exact) mass is 442 g/mol. The van der Waals surface area contributed by atoms with Crippen LogP contribution in [0.5, 0.6) is 0 Å². The maximum atomic E-state index is 9.26. The number of aromatic nitrogens is 2. The Labute approximate surface area is 193 Å². The van der Waals surface area contributed by atoms with Crippen molar-refractivity contribution in [3.63, 3.8) is 0 Å². The van der Waals surface area contributed by atoms with Gasteiger partial charge in [-0.3, -0.25) is 0 Å². The number of anilines is 1. The Kier molecular flexibility index (Phi) is 5.87. The van der Waals surface area contributed by atoms with Gasteiger partial charge in [-0.05, 0) is 43.7 Å². The van der Waals surface area contributed by atoms with Crippen molar-refractivity contribution < 1.29 is 9.52 Å². The molecule has 1 saturated carbocycles. The van der Waals surface area contributed by atoms with Gasteiger partial charge in [0.05, 0.1) is 5.39 Å². The first kappa shape index (κ1) is 21.6. The molecule has 4 aromatic rings. The van der Waals surface area contributed by atoms with E-state index in [4.69, 9.17) is 20.1 Å². The van der Waals surface area contributed by atoms with E-state index in [2.05, 4.69) is 41.7 Å². The summed E-state index contributed by atoms with van der Waals surface area (Å²) in [5.74, 6) is 2.20. The smallest absolute Gasteiger partial charge is 0.232 e. The molecule has 0 unspecified atom stereocenters.